The van der Waals surface area contributed by atoms with E-state index >= 15 is 0 Å². The van der Waals surface area contributed by atoms with E-state index in [1.807, 2.05) is 0 Å². The van der Waals surface area contributed by atoms with E-state index in [9.17, 15) is 5.11 Å². The van der Waals surface area contributed by atoms with Crippen LogP contribution in [0.15, 0.2) is 6.33 Å². The van der Waals surface area contributed by atoms with E-state index in [2.05, 4.69) is 15.3 Å². The number of halogens is 1. The number of nitrogens with two attached hydrogens (primary N) is 1. The van der Waals surface area contributed by atoms with Crippen LogP contribution in [0.3, 0.4) is 0 Å². The first-order valence-corrected chi connectivity index (χ1v) is 5.77. The van der Waals surface area contributed by atoms with Gasteiger partial charge in [-0.15, -0.1) is 0 Å². The second kappa shape index (κ2) is 4.84. The quantitative estimate of drug-likeness (QED) is 0.684. The number of nitrogens with one attached hydrogen (secondary N) is 1. The van der Waals surface area contributed by atoms with E-state index in [1.54, 1.807) is 0 Å². The molecule has 0 unspecified atom stereocenters. The summed E-state index contributed by atoms with van der Waals surface area (Å²) in [6, 6.07) is 0.00187. The molecule has 0 aromatic carbocycles. The second-order valence-electron chi connectivity index (χ2n) is 4.03. The largest absolute Gasteiger partial charge is 0.393 e. The molecule has 1 aromatic rings. The van der Waals surface area contributed by atoms with Crippen LogP contribution in [0.5, 0.6) is 0 Å². The molecule has 1 heterocycles. The SMILES string of the molecule is Nc1c(Cl)ncnc1N[C@H]1CCCC[C@H]1O. The maximum absolute atomic E-state index is 9.81. The van der Waals surface area contributed by atoms with Crippen molar-refractivity contribution in [2.24, 2.45) is 0 Å². The predicted molar refractivity (Wildman–Crippen MR) is 63.3 cm³/mol. The first-order chi connectivity index (χ1) is 7.68. The summed E-state index contributed by atoms with van der Waals surface area (Å²) in [4.78, 5) is 7.80. The Balaban J connectivity index is 2.10. The molecule has 6 heteroatoms. The van der Waals surface area contributed by atoms with Crippen LogP contribution in [0.25, 0.3) is 0 Å². The van der Waals surface area contributed by atoms with E-state index in [0.29, 0.717) is 11.5 Å². The monoisotopic (exact) mass is 242 g/mol. The van der Waals surface area contributed by atoms with Crippen LogP contribution < -0.4 is 11.1 Å². The van der Waals surface area contributed by atoms with E-state index in [-0.39, 0.29) is 17.3 Å². The lowest BCUT2D eigenvalue weighted by Crippen LogP contribution is -2.36. The maximum Gasteiger partial charge on any atom is 0.157 e. The van der Waals surface area contributed by atoms with Crippen LogP contribution in [-0.2, 0) is 0 Å². The summed E-state index contributed by atoms with van der Waals surface area (Å²) in [5.74, 6) is 0.506. The molecule has 5 nitrogen and oxygen atoms in total. The predicted octanol–water partition coefficient (Wildman–Crippen LogP) is 1.43. The van der Waals surface area contributed by atoms with Gasteiger partial charge in [-0.25, -0.2) is 9.97 Å². The van der Waals surface area contributed by atoms with Crippen LogP contribution in [0.2, 0.25) is 5.15 Å². The molecule has 1 aliphatic carbocycles. The number of aromatic nitrogens is 2. The van der Waals surface area contributed by atoms with Gasteiger partial charge < -0.3 is 16.2 Å². The summed E-state index contributed by atoms with van der Waals surface area (Å²) in [6.45, 7) is 0. The third-order valence-corrected chi connectivity index (χ3v) is 3.19. The molecule has 1 aliphatic rings. The Kier molecular flexibility index (Phi) is 3.46. The lowest BCUT2D eigenvalue weighted by molar-refractivity contribution is 0.116. The fourth-order valence-corrected chi connectivity index (χ4v) is 2.08. The van der Waals surface area contributed by atoms with Gasteiger partial charge in [0.15, 0.2) is 11.0 Å². The molecule has 1 saturated carbocycles. The number of aliphatic hydroxyl groups excluding tert-OH is 1. The highest BCUT2D eigenvalue weighted by molar-refractivity contribution is 6.32. The topological polar surface area (TPSA) is 84.1 Å². The molecule has 1 fully saturated rings. The van der Waals surface area contributed by atoms with Crippen molar-refractivity contribution < 1.29 is 5.11 Å². The number of aliphatic hydroxyl groups is 1. The summed E-state index contributed by atoms with van der Waals surface area (Å²) in [5.41, 5.74) is 6.08. The van der Waals surface area contributed by atoms with Crippen LogP contribution in [0, 0.1) is 0 Å². The smallest absolute Gasteiger partial charge is 0.157 e. The molecular weight excluding hydrogens is 228 g/mol. The fraction of sp³-hybridized carbons (Fsp3) is 0.600. The van der Waals surface area contributed by atoms with Gasteiger partial charge >= 0.3 is 0 Å². The Hall–Kier alpha value is -1.07. The van der Waals surface area contributed by atoms with Crippen molar-refractivity contribution in [1.82, 2.24) is 9.97 Å². The summed E-state index contributed by atoms with van der Waals surface area (Å²) < 4.78 is 0. The zero-order chi connectivity index (χ0) is 11.5. The Morgan fingerprint density at radius 2 is 2.12 bits per heavy atom. The van der Waals surface area contributed by atoms with Crippen LogP contribution in [-0.4, -0.2) is 27.2 Å². The number of hydrogen-bond donors (Lipinski definition) is 3. The third kappa shape index (κ3) is 2.36. The fourth-order valence-electron chi connectivity index (χ4n) is 1.94. The van der Waals surface area contributed by atoms with E-state index < -0.39 is 0 Å². The minimum atomic E-state index is -0.345. The first kappa shape index (κ1) is 11.4. The van der Waals surface area contributed by atoms with E-state index in [1.165, 1.54) is 6.33 Å². The van der Waals surface area contributed by atoms with Gasteiger partial charge in [0.1, 0.15) is 12.0 Å². The Morgan fingerprint density at radius 3 is 2.88 bits per heavy atom. The lowest BCUT2D eigenvalue weighted by Gasteiger charge is -2.29. The Labute approximate surface area is 99.0 Å². The van der Waals surface area contributed by atoms with Crippen LogP contribution in [0.4, 0.5) is 11.5 Å². The van der Waals surface area contributed by atoms with Crippen molar-refractivity contribution in [2.75, 3.05) is 11.1 Å². The number of nitrogens with zero attached hydrogens (tertiary/aromatic N) is 2. The van der Waals surface area contributed by atoms with Gasteiger partial charge in [0.05, 0.1) is 12.1 Å². The average Bonchev–Trinajstić information content (AvgIpc) is 2.28. The molecular formula is C10H15ClN4O. The molecule has 0 spiro atoms. The van der Waals surface area contributed by atoms with Gasteiger partial charge in [0.25, 0.3) is 0 Å². The van der Waals surface area contributed by atoms with Gasteiger partial charge in [-0.1, -0.05) is 24.4 Å². The minimum absolute atomic E-state index is 0.00187. The number of rotatable bonds is 2. The normalized spacial score (nSPS) is 25.4. The minimum Gasteiger partial charge on any atom is -0.393 e. The van der Waals surface area contributed by atoms with Gasteiger partial charge in [0.2, 0.25) is 0 Å². The molecule has 0 amide bonds. The molecule has 16 heavy (non-hydrogen) atoms. The standard InChI is InChI=1S/C10H15ClN4O/c11-9-8(12)10(14-5-13-9)15-6-3-1-2-4-7(6)16/h5-7,16H,1-4,12H2,(H,13,14,15)/t6-,7+/m0/s1. The lowest BCUT2D eigenvalue weighted by atomic mass is 9.92. The van der Waals surface area contributed by atoms with Crippen LogP contribution in [0.1, 0.15) is 25.7 Å². The van der Waals surface area contributed by atoms with Crippen molar-refractivity contribution in [3.8, 4) is 0 Å². The zero-order valence-corrected chi connectivity index (χ0v) is 9.61. The van der Waals surface area contributed by atoms with Gasteiger partial charge in [-0.2, -0.15) is 0 Å². The van der Waals surface area contributed by atoms with Crippen molar-refractivity contribution in [2.45, 2.75) is 37.8 Å². The molecule has 0 saturated heterocycles. The number of anilines is 2. The van der Waals surface area contributed by atoms with Gasteiger partial charge in [-0.3, -0.25) is 0 Å². The maximum atomic E-state index is 9.81. The average molecular weight is 243 g/mol. The molecule has 88 valence electrons. The van der Waals surface area contributed by atoms with E-state index in [4.69, 9.17) is 17.3 Å². The summed E-state index contributed by atoms with van der Waals surface area (Å²) in [5, 5.41) is 13.2. The Morgan fingerprint density at radius 1 is 1.38 bits per heavy atom. The molecule has 0 radical (unpaired) electrons. The van der Waals surface area contributed by atoms with Crippen LogP contribution >= 0.6 is 11.6 Å². The van der Waals surface area contributed by atoms with Crippen molar-refractivity contribution in [1.29, 1.82) is 0 Å². The first-order valence-electron chi connectivity index (χ1n) is 5.39. The summed E-state index contributed by atoms with van der Waals surface area (Å²) >= 11 is 5.79. The summed E-state index contributed by atoms with van der Waals surface area (Å²) in [7, 11) is 0. The molecule has 1 aromatic heterocycles. The molecule has 4 N–H and O–H groups in total. The zero-order valence-electron chi connectivity index (χ0n) is 8.86. The van der Waals surface area contributed by atoms with E-state index in [0.717, 1.165) is 25.7 Å². The second-order valence-corrected chi connectivity index (χ2v) is 4.39. The van der Waals surface area contributed by atoms with Crippen molar-refractivity contribution in [3.63, 3.8) is 0 Å². The highest BCUT2D eigenvalue weighted by atomic mass is 35.5. The molecule has 0 bridgehead atoms. The highest BCUT2D eigenvalue weighted by Crippen LogP contribution is 2.26. The molecule has 2 atom stereocenters. The summed E-state index contributed by atoms with van der Waals surface area (Å²) in [6.07, 6.45) is 4.92. The Bertz CT molecular complexity index is 374. The van der Waals surface area contributed by atoms with Gasteiger partial charge in [0, 0.05) is 0 Å². The number of hydrogen-bond acceptors (Lipinski definition) is 5. The van der Waals surface area contributed by atoms with Crippen molar-refractivity contribution >= 4 is 23.1 Å². The molecule has 2 rings (SSSR count). The molecule has 0 aliphatic heterocycles. The van der Waals surface area contributed by atoms with Gasteiger partial charge in [-0.05, 0) is 12.8 Å². The van der Waals surface area contributed by atoms with Crippen molar-refractivity contribution in [3.05, 3.63) is 11.5 Å². The third-order valence-electron chi connectivity index (χ3n) is 2.89. The highest BCUT2D eigenvalue weighted by Gasteiger charge is 2.23. The number of nitrogen functional groups attached to an aromatic ring is 1.